The highest BCUT2D eigenvalue weighted by atomic mass is 16.5. The molecule has 1 aliphatic heterocycles. The molecule has 3 nitrogen and oxygen atoms in total. The van der Waals surface area contributed by atoms with Crippen LogP contribution in [0.4, 0.5) is 0 Å². The minimum atomic E-state index is 0.264. The Kier molecular flexibility index (Phi) is 4.83. The molecule has 1 fully saturated rings. The van der Waals surface area contributed by atoms with E-state index in [1.54, 1.807) is 0 Å². The number of hydrogen-bond acceptors (Lipinski definition) is 3. The third-order valence-corrected chi connectivity index (χ3v) is 3.04. The highest BCUT2D eigenvalue weighted by molar-refractivity contribution is 5.21. The van der Waals surface area contributed by atoms with Gasteiger partial charge in [0.15, 0.2) is 0 Å². The molecule has 0 saturated carbocycles. The minimum absolute atomic E-state index is 0.264. The molecule has 0 bridgehead atoms. The fourth-order valence-electron chi connectivity index (χ4n) is 1.98. The third-order valence-electron chi connectivity index (χ3n) is 3.04. The molecule has 1 heterocycles. The van der Waals surface area contributed by atoms with E-state index in [9.17, 15) is 0 Å². The summed E-state index contributed by atoms with van der Waals surface area (Å²) in [5.74, 6) is 0.960. The monoisotopic (exact) mass is 235 g/mol. The zero-order valence-corrected chi connectivity index (χ0v) is 10.5. The molecule has 0 amide bonds. The van der Waals surface area contributed by atoms with Gasteiger partial charge in [0.2, 0.25) is 0 Å². The van der Waals surface area contributed by atoms with Gasteiger partial charge in [0, 0.05) is 19.6 Å². The van der Waals surface area contributed by atoms with Crippen molar-refractivity contribution in [1.29, 1.82) is 0 Å². The van der Waals surface area contributed by atoms with Crippen molar-refractivity contribution in [3.63, 3.8) is 0 Å². The standard InChI is InChI=1S/C14H21NO2/c1-13(17-14-5-3-2-4-6-14)7-8-15-9-11-16-12-10-15/h2-6,13H,7-12H2,1H3. The maximum atomic E-state index is 5.85. The summed E-state index contributed by atoms with van der Waals surface area (Å²) in [5.41, 5.74) is 0. The fourth-order valence-corrected chi connectivity index (χ4v) is 1.98. The van der Waals surface area contributed by atoms with Gasteiger partial charge in [-0.05, 0) is 25.5 Å². The van der Waals surface area contributed by atoms with Gasteiger partial charge in [0.05, 0.1) is 19.3 Å². The quantitative estimate of drug-likeness (QED) is 0.780. The van der Waals surface area contributed by atoms with E-state index in [1.165, 1.54) is 0 Å². The smallest absolute Gasteiger partial charge is 0.119 e. The summed E-state index contributed by atoms with van der Waals surface area (Å²) < 4.78 is 11.2. The summed E-state index contributed by atoms with van der Waals surface area (Å²) >= 11 is 0. The Balaban J connectivity index is 1.68. The van der Waals surface area contributed by atoms with Crippen molar-refractivity contribution in [2.45, 2.75) is 19.4 Å². The lowest BCUT2D eigenvalue weighted by atomic mass is 10.2. The van der Waals surface area contributed by atoms with E-state index < -0.39 is 0 Å². The highest BCUT2D eigenvalue weighted by Gasteiger charge is 2.12. The van der Waals surface area contributed by atoms with Gasteiger partial charge in [-0.1, -0.05) is 18.2 Å². The SMILES string of the molecule is CC(CCN1CCOCC1)Oc1ccccc1. The summed E-state index contributed by atoms with van der Waals surface area (Å²) in [6, 6.07) is 10.0. The first-order valence-corrected chi connectivity index (χ1v) is 6.36. The number of benzene rings is 1. The van der Waals surface area contributed by atoms with E-state index in [0.717, 1.165) is 45.0 Å². The lowest BCUT2D eigenvalue weighted by Gasteiger charge is -2.27. The van der Waals surface area contributed by atoms with Gasteiger partial charge >= 0.3 is 0 Å². The Hall–Kier alpha value is -1.06. The van der Waals surface area contributed by atoms with E-state index in [-0.39, 0.29) is 6.10 Å². The number of para-hydroxylation sites is 1. The van der Waals surface area contributed by atoms with Crippen molar-refractivity contribution in [2.24, 2.45) is 0 Å². The number of hydrogen-bond donors (Lipinski definition) is 0. The maximum Gasteiger partial charge on any atom is 0.119 e. The number of nitrogens with zero attached hydrogens (tertiary/aromatic N) is 1. The fraction of sp³-hybridized carbons (Fsp3) is 0.571. The second-order valence-electron chi connectivity index (χ2n) is 4.48. The Morgan fingerprint density at radius 3 is 2.65 bits per heavy atom. The molecule has 1 aromatic carbocycles. The molecule has 1 saturated heterocycles. The normalized spacial score (nSPS) is 18.9. The lowest BCUT2D eigenvalue weighted by molar-refractivity contribution is 0.0327. The summed E-state index contributed by atoms with van der Waals surface area (Å²) in [4.78, 5) is 2.44. The van der Waals surface area contributed by atoms with Crippen molar-refractivity contribution in [1.82, 2.24) is 4.90 Å². The molecule has 94 valence electrons. The summed E-state index contributed by atoms with van der Waals surface area (Å²) in [5, 5.41) is 0. The van der Waals surface area contributed by atoms with E-state index >= 15 is 0 Å². The Labute approximate surface area is 103 Å². The molecule has 0 spiro atoms. The molecule has 0 N–H and O–H groups in total. The van der Waals surface area contributed by atoms with Crippen molar-refractivity contribution < 1.29 is 9.47 Å². The zero-order chi connectivity index (χ0) is 11.9. The van der Waals surface area contributed by atoms with E-state index in [4.69, 9.17) is 9.47 Å². The lowest BCUT2D eigenvalue weighted by Crippen LogP contribution is -2.38. The van der Waals surface area contributed by atoms with Crippen LogP contribution in [-0.2, 0) is 4.74 Å². The van der Waals surface area contributed by atoms with Crippen LogP contribution in [0.2, 0.25) is 0 Å². The Bertz CT molecular complexity index is 309. The Morgan fingerprint density at radius 2 is 1.94 bits per heavy atom. The van der Waals surface area contributed by atoms with Crippen molar-refractivity contribution in [2.75, 3.05) is 32.8 Å². The van der Waals surface area contributed by atoms with Crippen molar-refractivity contribution in [3.05, 3.63) is 30.3 Å². The first kappa shape index (κ1) is 12.4. The predicted octanol–water partition coefficient (Wildman–Crippen LogP) is 2.18. The van der Waals surface area contributed by atoms with Gasteiger partial charge in [-0.3, -0.25) is 4.90 Å². The van der Waals surface area contributed by atoms with Crippen LogP contribution < -0.4 is 4.74 Å². The third kappa shape index (κ3) is 4.36. The van der Waals surface area contributed by atoms with Gasteiger partial charge in [0.1, 0.15) is 5.75 Å². The number of rotatable bonds is 5. The van der Waals surface area contributed by atoms with Gasteiger partial charge in [0.25, 0.3) is 0 Å². The average molecular weight is 235 g/mol. The van der Waals surface area contributed by atoms with Crippen LogP contribution >= 0.6 is 0 Å². The topological polar surface area (TPSA) is 21.7 Å². The molecule has 1 unspecified atom stereocenters. The first-order chi connectivity index (χ1) is 8.34. The highest BCUT2D eigenvalue weighted by Crippen LogP contribution is 2.12. The molecule has 3 heteroatoms. The van der Waals surface area contributed by atoms with Gasteiger partial charge in [-0.2, -0.15) is 0 Å². The predicted molar refractivity (Wildman–Crippen MR) is 68.4 cm³/mol. The van der Waals surface area contributed by atoms with Crippen LogP contribution in [0.3, 0.4) is 0 Å². The molecule has 0 aliphatic carbocycles. The molecular weight excluding hydrogens is 214 g/mol. The van der Waals surface area contributed by atoms with Crippen LogP contribution in [0.1, 0.15) is 13.3 Å². The molecule has 2 rings (SSSR count). The largest absolute Gasteiger partial charge is 0.491 e. The minimum Gasteiger partial charge on any atom is -0.491 e. The molecule has 1 aromatic rings. The van der Waals surface area contributed by atoms with Crippen LogP contribution in [-0.4, -0.2) is 43.9 Å². The van der Waals surface area contributed by atoms with Crippen LogP contribution in [0.25, 0.3) is 0 Å². The second-order valence-corrected chi connectivity index (χ2v) is 4.48. The van der Waals surface area contributed by atoms with Gasteiger partial charge < -0.3 is 9.47 Å². The van der Waals surface area contributed by atoms with Gasteiger partial charge in [-0.25, -0.2) is 0 Å². The summed E-state index contributed by atoms with van der Waals surface area (Å²) in [6.07, 6.45) is 1.33. The molecule has 1 atom stereocenters. The van der Waals surface area contributed by atoms with Crippen LogP contribution in [0.15, 0.2) is 30.3 Å². The number of ether oxygens (including phenoxy) is 2. The zero-order valence-electron chi connectivity index (χ0n) is 10.5. The molecule has 0 aromatic heterocycles. The molecule has 17 heavy (non-hydrogen) atoms. The maximum absolute atomic E-state index is 5.85. The van der Waals surface area contributed by atoms with E-state index in [1.807, 2.05) is 30.3 Å². The first-order valence-electron chi connectivity index (χ1n) is 6.36. The van der Waals surface area contributed by atoms with Crippen LogP contribution in [0.5, 0.6) is 5.75 Å². The van der Waals surface area contributed by atoms with E-state index in [2.05, 4.69) is 11.8 Å². The Morgan fingerprint density at radius 1 is 1.24 bits per heavy atom. The summed E-state index contributed by atoms with van der Waals surface area (Å²) in [7, 11) is 0. The van der Waals surface area contributed by atoms with Crippen molar-refractivity contribution >= 4 is 0 Å². The molecule has 1 aliphatic rings. The second kappa shape index (κ2) is 6.62. The van der Waals surface area contributed by atoms with Gasteiger partial charge in [-0.15, -0.1) is 0 Å². The summed E-state index contributed by atoms with van der Waals surface area (Å²) in [6.45, 7) is 7.07. The molecule has 0 radical (unpaired) electrons. The number of morpholine rings is 1. The van der Waals surface area contributed by atoms with E-state index in [0.29, 0.717) is 0 Å². The van der Waals surface area contributed by atoms with Crippen LogP contribution in [0, 0.1) is 0 Å². The molecular formula is C14H21NO2. The van der Waals surface area contributed by atoms with Crippen molar-refractivity contribution in [3.8, 4) is 5.75 Å². The average Bonchev–Trinajstić information content (AvgIpc) is 2.39.